The Labute approximate surface area is 160 Å². The van der Waals surface area contributed by atoms with Crippen LogP contribution in [0.1, 0.15) is 51.5 Å². The summed E-state index contributed by atoms with van der Waals surface area (Å²) in [6, 6.07) is 8.51. The van der Waals surface area contributed by atoms with E-state index in [1.54, 1.807) is 13.8 Å². The van der Waals surface area contributed by atoms with Gasteiger partial charge < -0.3 is 19.5 Å². The summed E-state index contributed by atoms with van der Waals surface area (Å²) in [6.45, 7) is 4.21. The van der Waals surface area contributed by atoms with Crippen LogP contribution in [0.2, 0.25) is 0 Å². The zero-order valence-electron chi connectivity index (χ0n) is 16.1. The number of rotatable bonds is 12. The van der Waals surface area contributed by atoms with E-state index >= 15 is 0 Å². The second-order valence-electron chi connectivity index (χ2n) is 5.92. The van der Waals surface area contributed by atoms with Crippen molar-refractivity contribution in [3.8, 4) is 0 Å². The molecule has 0 aliphatic heterocycles. The number of unbranched alkanes of at least 4 members (excludes halogenated alkanes) is 2. The van der Waals surface area contributed by atoms with Crippen LogP contribution in [0.25, 0.3) is 0 Å². The summed E-state index contributed by atoms with van der Waals surface area (Å²) in [7, 11) is 0. The van der Waals surface area contributed by atoms with Gasteiger partial charge in [0.25, 0.3) is 0 Å². The number of hydrogen-bond acceptors (Lipinski definition) is 6. The smallest absolute Gasteiger partial charge is 0.408 e. The molecule has 1 aromatic carbocycles. The Morgan fingerprint density at radius 3 is 2.30 bits per heavy atom. The van der Waals surface area contributed by atoms with Gasteiger partial charge in [0.2, 0.25) is 0 Å². The van der Waals surface area contributed by atoms with Crippen molar-refractivity contribution in [1.82, 2.24) is 5.32 Å². The van der Waals surface area contributed by atoms with Gasteiger partial charge in [-0.1, -0.05) is 43.2 Å². The van der Waals surface area contributed by atoms with E-state index in [2.05, 4.69) is 5.32 Å². The molecule has 0 aliphatic rings. The van der Waals surface area contributed by atoms with Crippen molar-refractivity contribution in [2.24, 2.45) is 0 Å². The minimum atomic E-state index is -0.768. The Bertz CT molecular complexity index is 575. The van der Waals surface area contributed by atoms with Crippen molar-refractivity contribution >= 4 is 18.0 Å². The molecule has 27 heavy (non-hydrogen) atoms. The lowest BCUT2D eigenvalue weighted by molar-refractivity contribution is -0.146. The predicted molar refractivity (Wildman–Crippen MR) is 99.9 cm³/mol. The van der Waals surface area contributed by atoms with Crippen LogP contribution < -0.4 is 5.32 Å². The fourth-order valence-corrected chi connectivity index (χ4v) is 2.43. The van der Waals surface area contributed by atoms with Crippen LogP contribution in [-0.2, 0) is 30.4 Å². The van der Waals surface area contributed by atoms with E-state index in [0.29, 0.717) is 32.3 Å². The summed E-state index contributed by atoms with van der Waals surface area (Å²) in [5.41, 5.74) is 0.860. The number of esters is 2. The number of amides is 1. The fourth-order valence-electron chi connectivity index (χ4n) is 2.43. The third-order valence-electron chi connectivity index (χ3n) is 3.75. The molecule has 0 spiro atoms. The number of hydrogen-bond donors (Lipinski definition) is 1. The maximum Gasteiger partial charge on any atom is 0.408 e. The first kappa shape index (κ1) is 22.5. The first-order valence-electron chi connectivity index (χ1n) is 9.36. The van der Waals surface area contributed by atoms with Crippen LogP contribution in [0, 0.1) is 0 Å². The summed E-state index contributed by atoms with van der Waals surface area (Å²) in [4.78, 5) is 35.3. The van der Waals surface area contributed by atoms with Gasteiger partial charge in [0.05, 0.1) is 13.2 Å². The summed E-state index contributed by atoms with van der Waals surface area (Å²) in [5.74, 6) is -0.707. The number of alkyl carbamates (subject to hydrolysis) is 1. The maximum atomic E-state index is 12.0. The largest absolute Gasteiger partial charge is 0.466 e. The second kappa shape index (κ2) is 13.6. The van der Waals surface area contributed by atoms with Crippen molar-refractivity contribution in [3.63, 3.8) is 0 Å². The topological polar surface area (TPSA) is 90.9 Å². The first-order chi connectivity index (χ1) is 13.1. The highest BCUT2D eigenvalue weighted by Gasteiger charge is 2.22. The van der Waals surface area contributed by atoms with E-state index < -0.39 is 18.1 Å². The zero-order chi connectivity index (χ0) is 19.9. The molecule has 7 nitrogen and oxygen atoms in total. The lowest BCUT2D eigenvalue weighted by Crippen LogP contribution is -2.42. The van der Waals surface area contributed by atoms with Gasteiger partial charge in [0.1, 0.15) is 12.6 Å². The standard InChI is InChI=1S/C20H29NO6/c1-3-25-18(22)14-10-6-9-13-17(19(23)26-4-2)21-20(24)27-15-16-11-7-5-8-12-16/h5,7-8,11-12,17H,3-4,6,9-10,13-15H2,1-2H3,(H,21,24). The highest BCUT2D eigenvalue weighted by Crippen LogP contribution is 2.09. The van der Waals surface area contributed by atoms with E-state index in [0.717, 1.165) is 12.0 Å². The molecule has 0 fully saturated rings. The summed E-state index contributed by atoms with van der Waals surface area (Å²) < 4.78 is 15.0. The molecule has 1 rings (SSSR count). The van der Waals surface area contributed by atoms with Gasteiger partial charge in [-0.15, -0.1) is 0 Å². The summed E-state index contributed by atoms with van der Waals surface area (Å²) in [6.07, 6.45) is 2.19. The molecular weight excluding hydrogens is 350 g/mol. The summed E-state index contributed by atoms with van der Waals surface area (Å²) in [5, 5.41) is 2.56. The molecule has 0 saturated heterocycles. The third-order valence-corrected chi connectivity index (χ3v) is 3.75. The maximum absolute atomic E-state index is 12.0. The fraction of sp³-hybridized carbons (Fsp3) is 0.550. The molecule has 1 aromatic rings. The van der Waals surface area contributed by atoms with Crippen LogP contribution >= 0.6 is 0 Å². The molecule has 0 saturated carbocycles. The van der Waals surface area contributed by atoms with Crippen LogP contribution in [0.15, 0.2) is 30.3 Å². The highest BCUT2D eigenvalue weighted by atomic mass is 16.6. The average Bonchev–Trinajstić information content (AvgIpc) is 2.66. The molecule has 0 bridgehead atoms. The molecule has 150 valence electrons. The second-order valence-corrected chi connectivity index (χ2v) is 5.92. The lowest BCUT2D eigenvalue weighted by Gasteiger charge is -2.17. The number of carbonyl (C=O) groups is 3. The van der Waals surface area contributed by atoms with Crippen molar-refractivity contribution in [3.05, 3.63) is 35.9 Å². The molecule has 1 atom stereocenters. The summed E-state index contributed by atoms with van der Waals surface area (Å²) >= 11 is 0. The van der Waals surface area contributed by atoms with Crippen molar-refractivity contribution in [2.75, 3.05) is 13.2 Å². The molecule has 1 N–H and O–H groups in total. The molecule has 7 heteroatoms. The normalized spacial score (nSPS) is 11.3. The van der Waals surface area contributed by atoms with Crippen LogP contribution in [0.4, 0.5) is 4.79 Å². The number of nitrogens with one attached hydrogen (secondary N) is 1. The Hall–Kier alpha value is -2.57. The molecule has 0 radical (unpaired) electrons. The van der Waals surface area contributed by atoms with Crippen LogP contribution in [0.3, 0.4) is 0 Å². The Kier molecular flexibility index (Phi) is 11.3. The van der Waals surface area contributed by atoms with Gasteiger partial charge in [-0.05, 0) is 32.3 Å². The van der Waals surface area contributed by atoms with E-state index in [4.69, 9.17) is 14.2 Å². The SMILES string of the molecule is CCOC(=O)CCCCCC(NC(=O)OCc1ccccc1)C(=O)OCC. The van der Waals surface area contributed by atoms with E-state index in [-0.39, 0.29) is 19.2 Å². The quantitative estimate of drug-likeness (QED) is 0.340. The lowest BCUT2D eigenvalue weighted by atomic mass is 10.1. The minimum absolute atomic E-state index is 0.127. The predicted octanol–water partition coefficient (Wildman–Crippen LogP) is 3.36. The first-order valence-corrected chi connectivity index (χ1v) is 9.36. The van der Waals surface area contributed by atoms with Crippen molar-refractivity contribution < 1.29 is 28.6 Å². The zero-order valence-corrected chi connectivity index (χ0v) is 16.1. The third kappa shape index (κ3) is 10.2. The Morgan fingerprint density at radius 2 is 1.63 bits per heavy atom. The molecular formula is C20H29NO6. The molecule has 0 heterocycles. The number of benzene rings is 1. The van der Waals surface area contributed by atoms with Gasteiger partial charge in [0.15, 0.2) is 0 Å². The van der Waals surface area contributed by atoms with Gasteiger partial charge in [0, 0.05) is 6.42 Å². The monoisotopic (exact) mass is 379 g/mol. The van der Waals surface area contributed by atoms with Crippen molar-refractivity contribution in [2.45, 2.75) is 58.6 Å². The Balaban J connectivity index is 2.38. The van der Waals surface area contributed by atoms with E-state index in [9.17, 15) is 14.4 Å². The number of carbonyl (C=O) groups excluding carboxylic acids is 3. The van der Waals surface area contributed by atoms with Gasteiger partial charge in [-0.25, -0.2) is 9.59 Å². The molecule has 1 unspecified atom stereocenters. The molecule has 0 aliphatic carbocycles. The highest BCUT2D eigenvalue weighted by molar-refractivity contribution is 5.81. The average molecular weight is 379 g/mol. The van der Waals surface area contributed by atoms with Crippen LogP contribution in [0.5, 0.6) is 0 Å². The van der Waals surface area contributed by atoms with Gasteiger partial charge in [-0.3, -0.25) is 4.79 Å². The van der Waals surface area contributed by atoms with Crippen molar-refractivity contribution in [1.29, 1.82) is 0 Å². The Morgan fingerprint density at radius 1 is 0.926 bits per heavy atom. The van der Waals surface area contributed by atoms with Gasteiger partial charge >= 0.3 is 18.0 Å². The molecule has 1 amide bonds. The number of ether oxygens (including phenoxy) is 3. The minimum Gasteiger partial charge on any atom is -0.466 e. The van der Waals surface area contributed by atoms with E-state index in [1.165, 1.54) is 0 Å². The van der Waals surface area contributed by atoms with Gasteiger partial charge in [-0.2, -0.15) is 0 Å². The molecule has 0 aromatic heterocycles. The van der Waals surface area contributed by atoms with Crippen LogP contribution in [-0.4, -0.2) is 37.3 Å². The van der Waals surface area contributed by atoms with E-state index in [1.807, 2.05) is 30.3 Å².